The van der Waals surface area contributed by atoms with Crippen molar-refractivity contribution in [2.24, 2.45) is 0 Å². The molecule has 1 aromatic carbocycles. The minimum Gasteiger partial charge on any atom is -0.270 e. The summed E-state index contributed by atoms with van der Waals surface area (Å²) in [6.07, 6.45) is 6.58. The number of pyridine rings is 3. The van der Waals surface area contributed by atoms with Gasteiger partial charge in [0.05, 0.1) is 5.69 Å². The minimum atomic E-state index is -0.175. The zero-order valence-corrected chi connectivity index (χ0v) is 18.8. The number of rotatable bonds is 7. The lowest BCUT2D eigenvalue weighted by Gasteiger charge is -2.23. The first kappa shape index (κ1) is 21.1. The molecule has 4 aromatic rings. The van der Waals surface area contributed by atoms with Crippen molar-refractivity contribution in [3.63, 3.8) is 0 Å². The molecule has 0 aliphatic rings. The molecule has 152 valence electrons. The van der Waals surface area contributed by atoms with Crippen LogP contribution in [0.5, 0.6) is 0 Å². The fourth-order valence-corrected chi connectivity index (χ4v) is 4.81. The Kier molecular flexibility index (Phi) is 7.01. The lowest BCUT2D eigenvalue weighted by atomic mass is 9.38. The van der Waals surface area contributed by atoms with Crippen LogP contribution in [-0.4, -0.2) is 41.2 Å². The van der Waals surface area contributed by atoms with Gasteiger partial charge in [0.2, 0.25) is 0 Å². The molecule has 0 saturated carbocycles. The Morgan fingerprint density at radius 2 is 1.23 bits per heavy atom. The van der Waals surface area contributed by atoms with E-state index in [0.29, 0.717) is 0 Å². The van der Waals surface area contributed by atoms with Crippen LogP contribution in [0.25, 0.3) is 11.0 Å². The zero-order valence-electron chi connectivity index (χ0n) is 17.9. The maximum Gasteiger partial charge on any atom is 0.290 e. The molecule has 0 spiro atoms. The van der Waals surface area contributed by atoms with Gasteiger partial charge in [0.25, 0.3) is 6.71 Å². The molecule has 0 aliphatic heterocycles. The molecule has 0 fully saturated rings. The summed E-state index contributed by atoms with van der Waals surface area (Å²) in [6.45, 7) is 4.54. The Bertz CT molecular complexity index is 1080. The van der Waals surface area contributed by atoms with Crippen LogP contribution < -0.4 is 11.2 Å². The topological polar surface area (TPSA) is 38.7 Å². The Morgan fingerprint density at radius 1 is 0.677 bits per heavy atom. The molecule has 0 aliphatic carbocycles. The van der Waals surface area contributed by atoms with E-state index in [1.54, 1.807) is 0 Å². The monoisotopic (exact) mass is 421 g/mol. The highest BCUT2D eigenvalue weighted by atomic mass is 31.1. The van der Waals surface area contributed by atoms with Gasteiger partial charge in [-0.2, -0.15) is 0 Å². The Labute approximate surface area is 186 Å². The summed E-state index contributed by atoms with van der Waals surface area (Å²) in [5.74, 6) is 0. The van der Waals surface area contributed by atoms with Crippen LogP contribution in [0.1, 0.15) is 11.3 Å². The van der Waals surface area contributed by atoms with E-state index >= 15 is 0 Å². The van der Waals surface area contributed by atoms with Gasteiger partial charge in [0.1, 0.15) is 0 Å². The zero-order chi connectivity index (χ0) is 21.5. The highest BCUT2D eigenvalue weighted by molar-refractivity contribution is 7.56. The van der Waals surface area contributed by atoms with Gasteiger partial charge >= 0.3 is 0 Å². The number of hydrogen-bond donors (Lipinski definition) is 0. The van der Waals surface area contributed by atoms with Gasteiger partial charge in [-0.1, -0.05) is 48.5 Å². The summed E-state index contributed by atoms with van der Waals surface area (Å²) < 4.78 is 0. The predicted molar refractivity (Wildman–Crippen MR) is 135 cm³/mol. The van der Waals surface area contributed by atoms with Gasteiger partial charge in [-0.15, -0.1) is 7.92 Å². The van der Waals surface area contributed by atoms with E-state index in [4.69, 9.17) is 15.0 Å². The van der Waals surface area contributed by atoms with E-state index in [-0.39, 0.29) is 14.6 Å². The number of hydrogen-bond acceptors (Lipinski definition) is 3. The summed E-state index contributed by atoms with van der Waals surface area (Å²) in [6, 6.07) is 29.0. The standard InChI is InChI=1S/C26H25BN3P/c1-31(2)20-22(21-12-4-3-5-13-21)26(23-14-6-9-17-28-23)27(24-15-7-10-18-29-24)25-16-8-11-19-30-25/h3-19H,20H2,1-2H3/b26-22+. The van der Waals surface area contributed by atoms with Crippen LogP contribution in [0.3, 0.4) is 0 Å². The van der Waals surface area contributed by atoms with E-state index in [9.17, 15) is 0 Å². The largest absolute Gasteiger partial charge is 0.290 e. The van der Waals surface area contributed by atoms with E-state index in [0.717, 1.165) is 23.0 Å². The molecule has 0 amide bonds. The van der Waals surface area contributed by atoms with Crippen LogP contribution in [0.15, 0.2) is 104 Å². The van der Waals surface area contributed by atoms with E-state index < -0.39 is 0 Å². The second-order valence-corrected chi connectivity index (χ2v) is 10.1. The minimum absolute atomic E-state index is 0.109. The molecule has 0 atom stereocenters. The molecule has 3 aromatic heterocycles. The smallest absolute Gasteiger partial charge is 0.270 e. The van der Waals surface area contributed by atoms with Crippen LogP contribution in [0.2, 0.25) is 0 Å². The number of nitrogens with zero attached hydrogens (tertiary/aromatic N) is 3. The fourth-order valence-electron chi connectivity index (χ4n) is 3.83. The molecular weight excluding hydrogens is 396 g/mol. The van der Waals surface area contributed by atoms with Crippen LogP contribution >= 0.6 is 7.92 Å². The van der Waals surface area contributed by atoms with Crippen molar-refractivity contribution in [2.45, 2.75) is 0 Å². The third kappa shape index (κ3) is 5.15. The molecule has 31 heavy (non-hydrogen) atoms. The lowest BCUT2D eigenvalue weighted by molar-refractivity contribution is 1.28. The van der Waals surface area contributed by atoms with Crippen LogP contribution in [-0.2, 0) is 0 Å². The molecule has 3 heterocycles. The SMILES string of the molecule is CP(C)C/C(=C(\B(c1ccccn1)c1ccccn1)c1ccccn1)c1ccccc1. The molecule has 0 unspecified atom stereocenters. The molecular formula is C26H25BN3P. The summed E-state index contributed by atoms with van der Waals surface area (Å²) in [4.78, 5) is 14.3. The summed E-state index contributed by atoms with van der Waals surface area (Å²) in [5, 5.41) is 0. The normalized spacial score (nSPS) is 11.8. The van der Waals surface area contributed by atoms with Gasteiger partial charge < -0.3 is 0 Å². The molecule has 5 heteroatoms. The Balaban J connectivity index is 2.06. The average Bonchev–Trinajstić information content (AvgIpc) is 2.83. The maximum absolute atomic E-state index is 4.80. The first-order valence-electron chi connectivity index (χ1n) is 10.4. The van der Waals surface area contributed by atoms with E-state index in [2.05, 4.69) is 67.9 Å². The first-order valence-corrected chi connectivity index (χ1v) is 12.8. The van der Waals surface area contributed by atoms with Crippen LogP contribution in [0.4, 0.5) is 0 Å². The van der Waals surface area contributed by atoms with Crippen molar-refractivity contribution in [2.75, 3.05) is 19.5 Å². The van der Waals surface area contributed by atoms with Crippen molar-refractivity contribution in [3.8, 4) is 0 Å². The average molecular weight is 421 g/mol. The Morgan fingerprint density at radius 3 is 1.71 bits per heavy atom. The lowest BCUT2D eigenvalue weighted by Crippen LogP contribution is -2.47. The van der Waals surface area contributed by atoms with E-state index in [1.807, 2.05) is 48.9 Å². The van der Waals surface area contributed by atoms with Gasteiger partial charge in [0.15, 0.2) is 0 Å². The number of benzene rings is 1. The Hall–Kier alpha value is -3.10. The van der Waals surface area contributed by atoms with Gasteiger partial charge in [0, 0.05) is 29.8 Å². The molecule has 4 rings (SSSR count). The number of aromatic nitrogens is 3. The molecule has 0 radical (unpaired) electrons. The van der Waals surface area contributed by atoms with Crippen LogP contribution in [0, 0.1) is 0 Å². The first-order chi connectivity index (χ1) is 15.2. The van der Waals surface area contributed by atoms with Gasteiger partial charge in [-0.25, -0.2) is 0 Å². The third-order valence-corrected chi connectivity index (χ3v) is 6.07. The third-order valence-electron chi connectivity index (χ3n) is 5.12. The maximum atomic E-state index is 4.80. The fraction of sp³-hybridized carbons (Fsp3) is 0.115. The van der Waals surface area contributed by atoms with E-state index in [1.165, 1.54) is 16.6 Å². The van der Waals surface area contributed by atoms with Gasteiger partial charge in [-0.3, -0.25) is 15.0 Å². The quantitative estimate of drug-likeness (QED) is 0.329. The summed E-state index contributed by atoms with van der Waals surface area (Å²) in [7, 11) is -0.175. The van der Waals surface area contributed by atoms with Gasteiger partial charge in [-0.05, 0) is 72.5 Å². The van der Waals surface area contributed by atoms with Crippen molar-refractivity contribution in [1.82, 2.24) is 15.0 Å². The molecule has 0 N–H and O–H groups in total. The predicted octanol–water partition coefficient (Wildman–Crippen LogP) is 4.37. The second kappa shape index (κ2) is 10.3. The van der Waals surface area contributed by atoms with Crippen molar-refractivity contribution in [1.29, 1.82) is 0 Å². The summed E-state index contributed by atoms with van der Waals surface area (Å²) in [5.41, 5.74) is 6.66. The summed E-state index contributed by atoms with van der Waals surface area (Å²) >= 11 is 0. The number of allylic oxidation sites excluding steroid dienone is 1. The van der Waals surface area contributed by atoms with Crippen molar-refractivity contribution < 1.29 is 0 Å². The molecule has 3 nitrogen and oxygen atoms in total. The highest BCUT2D eigenvalue weighted by Crippen LogP contribution is 2.37. The van der Waals surface area contributed by atoms with Crippen molar-refractivity contribution in [3.05, 3.63) is 115 Å². The highest BCUT2D eigenvalue weighted by Gasteiger charge is 2.31. The molecule has 0 saturated heterocycles. The molecule has 0 bridgehead atoms. The second-order valence-electron chi connectivity index (χ2n) is 7.65. The van der Waals surface area contributed by atoms with Crippen molar-refractivity contribution >= 4 is 36.9 Å².